The maximum Gasteiger partial charge on any atom is 0.0369 e. The summed E-state index contributed by atoms with van der Waals surface area (Å²) in [7, 11) is 2.15. The van der Waals surface area contributed by atoms with Crippen LogP contribution in [0.4, 0.5) is 5.69 Å². The summed E-state index contributed by atoms with van der Waals surface area (Å²) in [6.07, 6.45) is 0. The van der Waals surface area contributed by atoms with E-state index in [-0.39, 0.29) is 5.41 Å². The zero-order valence-electron chi connectivity index (χ0n) is 11.0. The van der Waals surface area contributed by atoms with Crippen LogP contribution in [0, 0.1) is 19.3 Å². The molecule has 0 N–H and O–H groups in total. The monoisotopic (exact) mass is 237 g/mol. The molecule has 1 rings (SSSR count). The average Bonchev–Trinajstić information content (AvgIpc) is 2.15. The molecule has 0 aliphatic carbocycles. The van der Waals surface area contributed by atoms with E-state index < -0.39 is 0 Å². The molecule has 0 saturated carbocycles. The van der Waals surface area contributed by atoms with Crippen molar-refractivity contribution in [2.75, 3.05) is 24.2 Å². The molecule has 1 aromatic rings. The normalized spacial score (nSPS) is 11.6. The molecule has 90 valence electrons. The molecule has 0 atom stereocenters. The predicted molar refractivity (Wildman–Crippen MR) is 76.8 cm³/mol. The van der Waals surface area contributed by atoms with Gasteiger partial charge in [0.25, 0.3) is 0 Å². The third-order valence-electron chi connectivity index (χ3n) is 2.74. The summed E-state index contributed by atoms with van der Waals surface area (Å²) in [5, 5.41) is 0. The fourth-order valence-corrected chi connectivity index (χ4v) is 2.05. The number of aryl methyl sites for hydroxylation is 2. The first-order valence-electron chi connectivity index (χ1n) is 5.74. The molecule has 0 aliphatic heterocycles. The second-order valence-electron chi connectivity index (χ2n) is 5.52. The van der Waals surface area contributed by atoms with E-state index >= 15 is 0 Å². The zero-order chi connectivity index (χ0) is 12.3. The van der Waals surface area contributed by atoms with Gasteiger partial charge in [-0.3, -0.25) is 0 Å². The van der Waals surface area contributed by atoms with Gasteiger partial charge in [0.2, 0.25) is 0 Å². The van der Waals surface area contributed by atoms with Crippen molar-refractivity contribution >= 4 is 18.3 Å². The lowest BCUT2D eigenvalue weighted by molar-refractivity contribution is 0.430. The molecular formula is C14H23NS. The lowest BCUT2D eigenvalue weighted by Crippen LogP contribution is -2.32. The number of hydrogen-bond acceptors (Lipinski definition) is 2. The molecule has 0 radical (unpaired) electrons. The van der Waals surface area contributed by atoms with Gasteiger partial charge in [-0.15, -0.1) is 0 Å². The smallest absolute Gasteiger partial charge is 0.0369 e. The Bertz CT molecular complexity index is 338. The Morgan fingerprint density at radius 2 is 1.62 bits per heavy atom. The van der Waals surface area contributed by atoms with Gasteiger partial charge in [-0.25, -0.2) is 0 Å². The van der Waals surface area contributed by atoms with Gasteiger partial charge in [-0.05, 0) is 48.3 Å². The molecule has 0 amide bonds. The van der Waals surface area contributed by atoms with Crippen LogP contribution in [-0.4, -0.2) is 19.3 Å². The van der Waals surface area contributed by atoms with Crippen molar-refractivity contribution in [3.05, 3.63) is 29.3 Å². The molecule has 0 bridgehead atoms. The van der Waals surface area contributed by atoms with Gasteiger partial charge < -0.3 is 4.90 Å². The summed E-state index contributed by atoms with van der Waals surface area (Å²) in [5.41, 5.74) is 4.19. The van der Waals surface area contributed by atoms with Crippen molar-refractivity contribution in [2.24, 2.45) is 5.41 Å². The SMILES string of the molecule is Cc1cc(C)cc(N(C)CC(C)(C)CS)c1. The summed E-state index contributed by atoms with van der Waals surface area (Å²) < 4.78 is 0. The number of benzene rings is 1. The van der Waals surface area contributed by atoms with Crippen molar-refractivity contribution in [1.29, 1.82) is 0 Å². The van der Waals surface area contributed by atoms with Crippen LogP contribution in [0.25, 0.3) is 0 Å². The van der Waals surface area contributed by atoms with E-state index in [4.69, 9.17) is 0 Å². The van der Waals surface area contributed by atoms with E-state index in [1.165, 1.54) is 16.8 Å². The molecule has 1 nitrogen and oxygen atoms in total. The number of thiol groups is 1. The third kappa shape index (κ3) is 3.75. The van der Waals surface area contributed by atoms with Crippen LogP contribution in [0.2, 0.25) is 0 Å². The van der Waals surface area contributed by atoms with Gasteiger partial charge in [0.1, 0.15) is 0 Å². The van der Waals surface area contributed by atoms with Gasteiger partial charge >= 0.3 is 0 Å². The van der Waals surface area contributed by atoms with E-state index in [0.29, 0.717) is 0 Å². The van der Waals surface area contributed by atoms with Crippen LogP contribution >= 0.6 is 12.6 Å². The highest BCUT2D eigenvalue weighted by molar-refractivity contribution is 7.80. The maximum atomic E-state index is 4.40. The molecule has 0 spiro atoms. The molecule has 0 unspecified atom stereocenters. The Morgan fingerprint density at radius 3 is 2.06 bits per heavy atom. The summed E-state index contributed by atoms with van der Waals surface area (Å²) in [4.78, 5) is 2.32. The minimum absolute atomic E-state index is 0.246. The second-order valence-corrected chi connectivity index (χ2v) is 5.84. The molecule has 1 aromatic carbocycles. The van der Waals surface area contributed by atoms with Crippen LogP contribution in [0.15, 0.2) is 18.2 Å². The zero-order valence-corrected chi connectivity index (χ0v) is 11.9. The van der Waals surface area contributed by atoms with Crippen molar-refractivity contribution in [1.82, 2.24) is 0 Å². The van der Waals surface area contributed by atoms with E-state index in [9.17, 15) is 0 Å². The van der Waals surface area contributed by atoms with Gasteiger partial charge in [-0.2, -0.15) is 12.6 Å². The Kier molecular flexibility index (Phi) is 4.31. The molecule has 16 heavy (non-hydrogen) atoms. The van der Waals surface area contributed by atoms with Crippen molar-refractivity contribution in [3.63, 3.8) is 0 Å². The molecule has 0 heterocycles. The topological polar surface area (TPSA) is 3.24 Å². The summed E-state index contributed by atoms with van der Waals surface area (Å²) >= 11 is 4.40. The number of nitrogens with zero attached hydrogens (tertiary/aromatic N) is 1. The lowest BCUT2D eigenvalue weighted by atomic mass is 9.95. The number of anilines is 1. The highest BCUT2D eigenvalue weighted by Gasteiger charge is 2.18. The third-order valence-corrected chi connectivity index (χ3v) is 3.60. The van der Waals surface area contributed by atoms with E-state index in [1.807, 2.05) is 0 Å². The molecule has 0 aromatic heterocycles. The minimum atomic E-state index is 0.246. The van der Waals surface area contributed by atoms with Gasteiger partial charge in [0.05, 0.1) is 0 Å². The molecule has 0 aliphatic rings. The van der Waals surface area contributed by atoms with Crippen LogP contribution in [0.1, 0.15) is 25.0 Å². The van der Waals surface area contributed by atoms with Crippen molar-refractivity contribution in [3.8, 4) is 0 Å². The fourth-order valence-electron chi connectivity index (χ4n) is 1.95. The van der Waals surface area contributed by atoms with Gasteiger partial charge in [0, 0.05) is 19.3 Å². The minimum Gasteiger partial charge on any atom is -0.374 e. The average molecular weight is 237 g/mol. The Hall–Kier alpha value is -0.630. The Balaban J connectivity index is 2.84. The van der Waals surface area contributed by atoms with Crippen molar-refractivity contribution < 1.29 is 0 Å². The Labute approximate surface area is 105 Å². The molecule has 0 fully saturated rings. The van der Waals surface area contributed by atoms with Gasteiger partial charge in [-0.1, -0.05) is 19.9 Å². The lowest BCUT2D eigenvalue weighted by Gasteiger charge is -2.30. The van der Waals surface area contributed by atoms with E-state index in [1.54, 1.807) is 0 Å². The maximum absolute atomic E-state index is 4.40. The quantitative estimate of drug-likeness (QED) is 0.782. The van der Waals surface area contributed by atoms with E-state index in [2.05, 4.69) is 70.5 Å². The number of rotatable bonds is 4. The van der Waals surface area contributed by atoms with Gasteiger partial charge in [0.15, 0.2) is 0 Å². The van der Waals surface area contributed by atoms with Crippen LogP contribution < -0.4 is 4.90 Å². The Morgan fingerprint density at radius 1 is 1.12 bits per heavy atom. The van der Waals surface area contributed by atoms with Crippen LogP contribution in [0.3, 0.4) is 0 Å². The van der Waals surface area contributed by atoms with Crippen LogP contribution in [0.5, 0.6) is 0 Å². The summed E-state index contributed by atoms with van der Waals surface area (Å²) in [6.45, 7) is 9.82. The summed E-state index contributed by atoms with van der Waals surface area (Å²) in [6, 6.07) is 6.68. The molecular weight excluding hydrogens is 214 g/mol. The summed E-state index contributed by atoms with van der Waals surface area (Å²) in [5.74, 6) is 0.905. The highest BCUT2D eigenvalue weighted by atomic mass is 32.1. The molecule has 2 heteroatoms. The largest absolute Gasteiger partial charge is 0.374 e. The highest BCUT2D eigenvalue weighted by Crippen LogP contribution is 2.23. The van der Waals surface area contributed by atoms with Crippen LogP contribution in [-0.2, 0) is 0 Å². The number of hydrogen-bond donors (Lipinski definition) is 1. The first kappa shape index (κ1) is 13.4. The fraction of sp³-hybridized carbons (Fsp3) is 0.571. The standard InChI is InChI=1S/C14H23NS/c1-11-6-12(2)8-13(7-11)15(5)9-14(3,4)10-16/h6-8,16H,9-10H2,1-5H3. The van der Waals surface area contributed by atoms with Crippen molar-refractivity contribution in [2.45, 2.75) is 27.7 Å². The van der Waals surface area contributed by atoms with E-state index in [0.717, 1.165) is 12.3 Å². The first-order chi connectivity index (χ1) is 7.34. The molecule has 0 saturated heterocycles. The first-order valence-corrected chi connectivity index (χ1v) is 6.37. The predicted octanol–water partition coefficient (Wildman–Crippen LogP) is 3.70. The second kappa shape index (κ2) is 5.13.